The molecule has 3 aliphatic heterocycles. The van der Waals surface area contributed by atoms with Crippen LogP contribution in [0.2, 0.25) is 5.02 Å². The van der Waals surface area contributed by atoms with E-state index in [9.17, 15) is 4.39 Å². The highest BCUT2D eigenvalue weighted by atomic mass is 35.5. The molecule has 30 heavy (non-hydrogen) atoms. The molecular formula is C22H32ClFN4O2. The van der Waals surface area contributed by atoms with Crippen molar-refractivity contribution in [1.29, 1.82) is 0 Å². The number of nitrogens with one attached hydrogen (secondary N) is 2. The van der Waals surface area contributed by atoms with Crippen LogP contribution in [-0.4, -0.2) is 68.0 Å². The molecule has 0 aliphatic carbocycles. The van der Waals surface area contributed by atoms with Gasteiger partial charge in [-0.1, -0.05) is 17.7 Å². The quantitative estimate of drug-likeness (QED) is 0.528. The van der Waals surface area contributed by atoms with Crippen LogP contribution < -0.4 is 10.6 Å². The Hall–Kier alpha value is -1.41. The van der Waals surface area contributed by atoms with Gasteiger partial charge in [0.05, 0.1) is 43.5 Å². The monoisotopic (exact) mass is 438 g/mol. The van der Waals surface area contributed by atoms with E-state index in [2.05, 4.69) is 15.5 Å². The lowest BCUT2D eigenvalue weighted by molar-refractivity contribution is -0.0336. The van der Waals surface area contributed by atoms with Gasteiger partial charge >= 0.3 is 0 Å². The number of rotatable bonds is 6. The van der Waals surface area contributed by atoms with E-state index >= 15 is 0 Å². The number of morpholine rings is 1. The van der Waals surface area contributed by atoms with Gasteiger partial charge in [-0.3, -0.25) is 9.89 Å². The zero-order chi connectivity index (χ0) is 21.1. The molecule has 2 N–H and O–H groups in total. The number of guanidine groups is 1. The van der Waals surface area contributed by atoms with E-state index in [1.807, 2.05) is 13.8 Å². The summed E-state index contributed by atoms with van der Waals surface area (Å²) in [5, 5.41) is 7.31. The summed E-state index contributed by atoms with van der Waals surface area (Å²) >= 11 is 6.44. The number of hydrogen-bond donors (Lipinski definition) is 2. The fourth-order valence-corrected chi connectivity index (χ4v) is 5.10. The fourth-order valence-electron chi connectivity index (χ4n) is 4.81. The van der Waals surface area contributed by atoms with Crippen molar-refractivity contribution in [2.24, 2.45) is 4.99 Å². The van der Waals surface area contributed by atoms with Crippen LogP contribution in [0.3, 0.4) is 0 Å². The number of nitrogens with zero attached hydrogens (tertiary/aromatic N) is 2. The molecule has 3 fully saturated rings. The Balaban J connectivity index is 1.54. The molecule has 0 amide bonds. The van der Waals surface area contributed by atoms with Crippen LogP contribution >= 0.6 is 11.6 Å². The Morgan fingerprint density at radius 3 is 2.93 bits per heavy atom. The summed E-state index contributed by atoms with van der Waals surface area (Å²) in [6.07, 6.45) is 3.98. The number of hydrogen-bond acceptors (Lipinski definition) is 4. The molecule has 8 heteroatoms. The van der Waals surface area contributed by atoms with E-state index in [4.69, 9.17) is 26.1 Å². The molecule has 1 aromatic carbocycles. The summed E-state index contributed by atoms with van der Waals surface area (Å²) in [5.74, 6) is 0.457. The van der Waals surface area contributed by atoms with E-state index in [1.165, 1.54) is 6.07 Å². The zero-order valence-electron chi connectivity index (χ0n) is 17.7. The lowest BCUT2D eigenvalue weighted by atomic mass is 9.96. The first-order valence-corrected chi connectivity index (χ1v) is 11.4. The van der Waals surface area contributed by atoms with Crippen molar-refractivity contribution in [2.45, 2.75) is 63.5 Å². The SMILES string of the molecule is CCNC(=NCC(c1c(F)cccc1Cl)N1CCOC(C)C1)NC1CC2CCC1O2. The average Bonchev–Trinajstić information content (AvgIpc) is 3.33. The van der Waals surface area contributed by atoms with Crippen molar-refractivity contribution in [3.8, 4) is 0 Å². The maximum Gasteiger partial charge on any atom is 0.191 e. The number of aliphatic imine (C=N–C) groups is 1. The van der Waals surface area contributed by atoms with Crippen molar-refractivity contribution < 1.29 is 13.9 Å². The van der Waals surface area contributed by atoms with E-state index in [1.54, 1.807) is 12.1 Å². The maximum atomic E-state index is 14.8. The first-order valence-electron chi connectivity index (χ1n) is 11.0. The largest absolute Gasteiger partial charge is 0.376 e. The van der Waals surface area contributed by atoms with Crippen molar-refractivity contribution in [1.82, 2.24) is 15.5 Å². The second kappa shape index (κ2) is 9.81. The van der Waals surface area contributed by atoms with Crippen molar-refractivity contribution in [2.75, 3.05) is 32.8 Å². The molecule has 3 aliphatic rings. The smallest absolute Gasteiger partial charge is 0.191 e. The molecule has 4 rings (SSSR count). The minimum absolute atomic E-state index is 0.0910. The summed E-state index contributed by atoms with van der Waals surface area (Å²) in [7, 11) is 0. The van der Waals surface area contributed by atoms with Gasteiger partial charge in [-0.2, -0.15) is 0 Å². The Kier molecular flexibility index (Phi) is 7.13. The lowest BCUT2D eigenvalue weighted by Gasteiger charge is -2.37. The molecule has 5 atom stereocenters. The molecule has 0 aromatic heterocycles. The highest BCUT2D eigenvalue weighted by Gasteiger charge is 2.41. The number of halogens is 2. The molecule has 0 spiro atoms. The molecule has 5 unspecified atom stereocenters. The van der Waals surface area contributed by atoms with Crippen LogP contribution in [0.1, 0.15) is 44.7 Å². The van der Waals surface area contributed by atoms with Crippen LogP contribution in [0, 0.1) is 5.82 Å². The van der Waals surface area contributed by atoms with E-state index in [0.29, 0.717) is 29.8 Å². The molecule has 0 saturated carbocycles. The molecule has 3 saturated heterocycles. The highest BCUT2D eigenvalue weighted by molar-refractivity contribution is 6.31. The first kappa shape index (κ1) is 21.8. The highest BCUT2D eigenvalue weighted by Crippen LogP contribution is 2.34. The zero-order valence-corrected chi connectivity index (χ0v) is 18.5. The van der Waals surface area contributed by atoms with Gasteiger partial charge in [0, 0.05) is 30.2 Å². The predicted octanol–water partition coefficient (Wildman–Crippen LogP) is 3.12. The molecule has 0 radical (unpaired) electrons. The van der Waals surface area contributed by atoms with Gasteiger partial charge in [-0.25, -0.2) is 4.39 Å². The average molecular weight is 439 g/mol. The third-order valence-electron chi connectivity index (χ3n) is 6.24. The van der Waals surface area contributed by atoms with Gasteiger partial charge in [0.2, 0.25) is 0 Å². The molecule has 1 aromatic rings. The number of benzene rings is 1. The van der Waals surface area contributed by atoms with Gasteiger partial charge in [0.1, 0.15) is 5.82 Å². The van der Waals surface area contributed by atoms with Gasteiger partial charge in [0.15, 0.2) is 5.96 Å². The van der Waals surface area contributed by atoms with Crippen molar-refractivity contribution >= 4 is 17.6 Å². The molecule has 3 heterocycles. The van der Waals surface area contributed by atoms with Crippen molar-refractivity contribution in [3.63, 3.8) is 0 Å². The minimum atomic E-state index is -0.290. The first-order chi connectivity index (χ1) is 14.5. The Labute approximate surface area is 183 Å². The molecular weight excluding hydrogens is 407 g/mol. The van der Waals surface area contributed by atoms with Crippen LogP contribution in [0.25, 0.3) is 0 Å². The summed E-state index contributed by atoms with van der Waals surface area (Å²) < 4.78 is 26.5. The lowest BCUT2D eigenvalue weighted by Crippen LogP contribution is -2.48. The van der Waals surface area contributed by atoms with Crippen LogP contribution in [-0.2, 0) is 9.47 Å². The summed E-state index contributed by atoms with van der Waals surface area (Å²) in [5.41, 5.74) is 0.510. The number of ether oxygens (including phenoxy) is 2. The second-order valence-electron chi connectivity index (χ2n) is 8.41. The van der Waals surface area contributed by atoms with E-state index in [0.717, 1.165) is 44.9 Å². The summed E-state index contributed by atoms with van der Waals surface area (Å²) in [4.78, 5) is 7.08. The molecule has 6 nitrogen and oxygen atoms in total. The Morgan fingerprint density at radius 1 is 1.40 bits per heavy atom. The normalized spacial score (nSPS) is 30.5. The Morgan fingerprint density at radius 2 is 2.27 bits per heavy atom. The summed E-state index contributed by atoms with van der Waals surface area (Å²) in [6, 6.07) is 4.89. The van der Waals surface area contributed by atoms with Crippen LogP contribution in [0.4, 0.5) is 4.39 Å². The standard InChI is InChI=1S/C22H32ClFN4O2/c1-3-25-22(27-18-11-15-7-8-20(18)30-15)26-12-19(28-9-10-29-14(2)13-28)21-16(23)5-4-6-17(21)24/h4-6,14-15,18-20H,3,7-13H2,1-2H3,(H2,25,26,27). The van der Waals surface area contributed by atoms with Gasteiger partial charge in [0.25, 0.3) is 0 Å². The topological polar surface area (TPSA) is 58.1 Å². The van der Waals surface area contributed by atoms with Gasteiger partial charge in [-0.05, 0) is 45.2 Å². The van der Waals surface area contributed by atoms with Gasteiger partial charge < -0.3 is 20.1 Å². The van der Waals surface area contributed by atoms with Crippen LogP contribution in [0.15, 0.2) is 23.2 Å². The third kappa shape index (κ3) is 4.90. The minimum Gasteiger partial charge on any atom is -0.376 e. The Bertz CT molecular complexity index is 744. The number of fused-ring (bicyclic) bond motifs is 2. The van der Waals surface area contributed by atoms with E-state index < -0.39 is 0 Å². The van der Waals surface area contributed by atoms with Crippen LogP contribution in [0.5, 0.6) is 0 Å². The fraction of sp³-hybridized carbons (Fsp3) is 0.682. The summed E-state index contributed by atoms with van der Waals surface area (Å²) in [6.45, 7) is 7.31. The molecule has 166 valence electrons. The van der Waals surface area contributed by atoms with Gasteiger partial charge in [-0.15, -0.1) is 0 Å². The molecule has 2 bridgehead atoms. The maximum absolute atomic E-state index is 14.8. The predicted molar refractivity (Wildman–Crippen MR) is 117 cm³/mol. The second-order valence-corrected chi connectivity index (χ2v) is 8.81. The van der Waals surface area contributed by atoms with E-state index in [-0.39, 0.29) is 30.1 Å². The van der Waals surface area contributed by atoms with Crippen molar-refractivity contribution in [3.05, 3.63) is 34.6 Å². The third-order valence-corrected chi connectivity index (χ3v) is 6.57.